The SMILES string of the molecule is CCOP(=S)(OCC)O/N=C(/C#N)c1ccccc1.CCOP(=S)(OCC)O/N=C(/C#N)c1ccccc1. The van der Waals surface area contributed by atoms with Gasteiger partial charge in [-0.15, -0.1) is 0 Å². The molecule has 0 saturated carbocycles. The van der Waals surface area contributed by atoms with Gasteiger partial charge in [0, 0.05) is 34.7 Å². The Bertz CT molecular complexity index is 1100. The first kappa shape index (κ1) is 33.5. The van der Waals surface area contributed by atoms with Crippen LogP contribution < -0.4 is 0 Å². The largest absolute Gasteiger partial charge is 0.402 e. The Morgan fingerprint density at radius 2 is 0.921 bits per heavy atom. The standard InChI is InChI=1S/2C12H15N2O3PS/c2*1-3-15-18(19,16-4-2)17-14-12(10-13)11-8-6-5-7-9-11/h2*5-9H,3-4H2,1-2H3/b2*14-12-. The third-order valence-electron chi connectivity index (χ3n) is 3.92. The van der Waals surface area contributed by atoms with Gasteiger partial charge in [-0.1, -0.05) is 71.0 Å². The van der Waals surface area contributed by atoms with Crippen LogP contribution >= 0.6 is 13.4 Å². The number of nitriles is 2. The molecule has 10 nitrogen and oxygen atoms in total. The molecule has 0 aromatic heterocycles. The molecule has 0 heterocycles. The van der Waals surface area contributed by atoms with Crippen LogP contribution in [0, 0.1) is 22.7 Å². The molecule has 0 aliphatic carbocycles. The van der Waals surface area contributed by atoms with Gasteiger partial charge in [0.15, 0.2) is 11.4 Å². The molecule has 0 unspecified atom stereocenters. The predicted molar refractivity (Wildman–Crippen MR) is 154 cm³/mol. The van der Waals surface area contributed by atoms with Crippen LogP contribution in [0.25, 0.3) is 0 Å². The summed E-state index contributed by atoms with van der Waals surface area (Å²) in [6, 6.07) is 21.9. The van der Waals surface area contributed by atoms with Crippen LogP contribution in [0.15, 0.2) is 71.0 Å². The van der Waals surface area contributed by atoms with Crippen LogP contribution in [0.3, 0.4) is 0 Å². The van der Waals surface area contributed by atoms with Gasteiger partial charge in [0.25, 0.3) is 0 Å². The lowest BCUT2D eigenvalue weighted by molar-refractivity contribution is 0.171. The van der Waals surface area contributed by atoms with E-state index in [0.717, 1.165) is 0 Å². The Labute approximate surface area is 234 Å². The lowest BCUT2D eigenvalue weighted by Crippen LogP contribution is -2.01. The lowest BCUT2D eigenvalue weighted by atomic mass is 10.1. The minimum atomic E-state index is -2.91. The summed E-state index contributed by atoms with van der Waals surface area (Å²) in [5, 5.41) is 25.7. The number of rotatable bonds is 14. The second kappa shape index (κ2) is 18.7. The molecule has 2 aromatic carbocycles. The number of hydrogen-bond acceptors (Lipinski definition) is 12. The second-order valence-corrected chi connectivity index (χ2v) is 12.4. The third-order valence-corrected chi connectivity index (χ3v) is 8.45. The zero-order chi connectivity index (χ0) is 28.3. The highest BCUT2D eigenvalue weighted by atomic mass is 32.5. The van der Waals surface area contributed by atoms with Crippen molar-refractivity contribution in [3.8, 4) is 12.1 Å². The van der Waals surface area contributed by atoms with Crippen LogP contribution in [0.1, 0.15) is 38.8 Å². The van der Waals surface area contributed by atoms with Crippen molar-refractivity contribution in [3.05, 3.63) is 71.8 Å². The van der Waals surface area contributed by atoms with Crippen molar-refractivity contribution in [1.29, 1.82) is 10.5 Å². The quantitative estimate of drug-likeness (QED) is 0.136. The van der Waals surface area contributed by atoms with Gasteiger partial charge >= 0.3 is 13.4 Å². The molecule has 2 rings (SSSR count). The monoisotopic (exact) mass is 596 g/mol. The molecule has 0 bridgehead atoms. The predicted octanol–water partition coefficient (Wildman–Crippen LogP) is 6.46. The molecule has 38 heavy (non-hydrogen) atoms. The van der Waals surface area contributed by atoms with Gasteiger partial charge in [0.05, 0.1) is 26.4 Å². The summed E-state index contributed by atoms with van der Waals surface area (Å²) in [5.41, 5.74) is 1.57. The van der Waals surface area contributed by atoms with Crippen LogP contribution in [0.5, 0.6) is 0 Å². The van der Waals surface area contributed by atoms with Crippen molar-refractivity contribution in [2.75, 3.05) is 26.4 Å². The summed E-state index contributed by atoms with van der Waals surface area (Å²) in [5.74, 6) is 0. The fraction of sp³-hybridized carbons (Fsp3) is 0.333. The average molecular weight is 597 g/mol. The number of nitrogens with zero attached hydrogens (tertiary/aromatic N) is 4. The van der Waals surface area contributed by atoms with Gasteiger partial charge in [-0.25, -0.2) is 0 Å². The van der Waals surface area contributed by atoms with Gasteiger partial charge < -0.3 is 9.25 Å². The topological polar surface area (TPSA) is 128 Å². The van der Waals surface area contributed by atoms with Crippen molar-refractivity contribution in [3.63, 3.8) is 0 Å². The van der Waals surface area contributed by atoms with Crippen molar-refractivity contribution in [1.82, 2.24) is 0 Å². The number of hydrogen-bond donors (Lipinski definition) is 0. The Morgan fingerprint density at radius 3 is 1.16 bits per heavy atom. The van der Waals surface area contributed by atoms with Crippen molar-refractivity contribution >= 4 is 48.5 Å². The van der Waals surface area contributed by atoms with Gasteiger partial charge in [-0.05, 0) is 27.7 Å². The van der Waals surface area contributed by atoms with E-state index in [1.165, 1.54) is 0 Å². The van der Waals surface area contributed by atoms with Crippen LogP contribution in [-0.4, -0.2) is 37.9 Å². The summed E-state index contributed by atoms with van der Waals surface area (Å²) in [4.78, 5) is 0. The zero-order valence-electron chi connectivity index (χ0n) is 21.6. The molecule has 0 radical (unpaired) electrons. The Kier molecular flexibility index (Phi) is 16.5. The van der Waals surface area contributed by atoms with Gasteiger partial charge in [-0.3, -0.25) is 18.1 Å². The molecule has 0 spiro atoms. The smallest absolute Gasteiger partial charge is 0.312 e. The highest BCUT2D eigenvalue weighted by molar-refractivity contribution is 8.07. The summed E-state index contributed by atoms with van der Waals surface area (Å²) in [6.45, 7) is 2.77. The summed E-state index contributed by atoms with van der Waals surface area (Å²) in [6.07, 6.45) is 0. The van der Waals surface area contributed by atoms with E-state index >= 15 is 0 Å². The molecular formula is C24H30N4O6P2S2. The van der Waals surface area contributed by atoms with Gasteiger partial charge in [0.2, 0.25) is 0 Å². The normalized spacial score (nSPS) is 11.9. The Balaban J connectivity index is 0.000000380. The van der Waals surface area contributed by atoms with E-state index in [-0.39, 0.29) is 11.4 Å². The van der Waals surface area contributed by atoms with Crippen molar-refractivity contribution in [2.45, 2.75) is 27.7 Å². The average Bonchev–Trinajstić information content (AvgIpc) is 2.91. The van der Waals surface area contributed by atoms with Crippen molar-refractivity contribution in [2.24, 2.45) is 10.3 Å². The lowest BCUT2D eigenvalue weighted by Gasteiger charge is -2.17. The Morgan fingerprint density at radius 1 is 0.632 bits per heavy atom. The maximum atomic E-state index is 9.07. The maximum Gasteiger partial charge on any atom is 0.402 e. The second-order valence-electron chi connectivity index (χ2n) is 6.56. The minimum Gasteiger partial charge on any atom is -0.312 e. The molecule has 0 atom stereocenters. The first-order valence-corrected chi connectivity index (χ1v) is 16.6. The van der Waals surface area contributed by atoms with Crippen molar-refractivity contribution < 1.29 is 27.3 Å². The molecule has 0 N–H and O–H groups in total. The molecule has 2 aromatic rings. The van der Waals surface area contributed by atoms with E-state index in [9.17, 15) is 0 Å². The summed E-state index contributed by atoms with van der Waals surface area (Å²) in [7, 11) is 0. The van der Waals surface area contributed by atoms with Crippen LogP contribution in [-0.2, 0) is 51.0 Å². The summed E-state index contributed by atoms with van der Waals surface area (Å²) < 4.78 is 31.4. The first-order valence-electron chi connectivity index (χ1n) is 11.5. The molecule has 204 valence electrons. The molecule has 0 aliphatic rings. The maximum absolute atomic E-state index is 9.07. The molecule has 0 aliphatic heterocycles. The van der Waals surface area contributed by atoms with E-state index in [2.05, 4.69) is 10.3 Å². The third kappa shape index (κ3) is 12.4. The molecule has 0 fully saturated rings. The van der Waals surface area contributed by atoms with E-state index in [1.54, 1.807) is 52.0 Å². The molecule has 14 heteroatoms. The molecular weight excluding hydrogens is 566 g/mol. The van der Waals surface area contributed by atoms with Gasteiger partial charge in [-0.2, -0.15) is 10.5 Å². The van der Waals surface area contributed by atoms with E-state index in [1.807, 2.05) is 48.5 Å². The minimum absolute atomic E-state index is 0.134. The Hall–Kier alpha value is -2.50. The van der Waals surface area contributed by atoms with Gasteiger partial charge in [0.1, 0.15) is 12.1 Å². The van der Waals surface area contributed by atoms with Crippen LogP contribution in [0.4, 0.5) is 0 Å². The van der Waals surface area contributed by atoms with E-state index in [4.69, 9.17) is 61.5 Å². The van der Waals surface area contributed by atoms with E-state index < -0.39 is 13.4 Å². The van der Waals surface area contributed by atoms with Crippen LogP contribution in [0.2, 0.25) is 0 Å². The first-order chi connectivity index (χ1) is 18.3. The highest BCUT2D eigenvalue weighted by Gasteiger charge is 2.22. The number of benzene rings is 2. The van der Waals surface area contributed by atoms with E-state index in [0.29, 0.717) is 37.6 Å². The molecule has 0 saturated heterocycles. The highest BCUT2D eigenvalue weighted by Crippen LogP contribution is 2.50. The fourth-order valence-corrected chi connectivity index (χ4v) is 5.88. The summed E-state index contributed by atoms with van der Waals surface area (Å²) >= 11 is 10.3. The number of oxime groups is 2. The fourth-order valence-electron chi connectivity index (χ4n) is 2.45. The molecule has 0 amide bonds. The zero-order valence-corrected chi connectivity index (χ0v) is 25.0.